The largest absolute Gasteiger partial charge is 0.507 e. The molecule has 0 spiro atoms. The van der Waals surface area contributed by atoms with Crippen molar-refractivity contribution < 1.29 is 15.2 Å². The molecule has 0 saturated heterocycles. The first kappa shape index (κ1) is 15.9. The van der Waals surface area contributed by atoms with Gasteiger partial charge in [0.05, 0.1) is 6.20 Å². The molecule has 0 fully saturated rings. The highest BCUT2D eigenvalue weighted by molar-refractivity contribution is 5.86. The highest BCUT2D eigenvalue weighted by Crippen LogP contribution is 2.38. The highest BCUT2D eigenvalue weighted by atomic mass is 16.3. The second-order valence-electron chi connectivity index (χ2n) is 5.99. The number of aromatic amines is 1. The van der Waals surface area contributed by atoms with E-state index in [2.05, 4.69) is 15.3 Å². The first-order valence-electron chi connectivity index (χ1n) is 8.32. The summed E-state index contributed by atoms with van der Waals surface area (Å²) in [5, 5.41) is 25.4. The van der Waals surface area contributed by atoms with Gasteiger partial charge in [0.2, 0.25) is 0 Å². The third-order valence-electron chi connectivity index (χ3n) is 4.35. The summed E-state index contributed by atoms with van der Waals surface area (Å²) in [5.41, 5.74) is 1.83. The third kappa shape index (κ3) is 2.91. The van der Waals surface area contributed by atoms with Gasteiger partial charge >= 0.3 is 0 Å². The Balaban J connectivity index is 1.88. The van der Waals surface area contributed by atoms with Crippen LogP contribution in [-0.2, 0) is 0 Å². The molecule has 0 saturated carbocycles. The van der Waals surface area contributed by atoms with Gasteiger partial charge in [-0.3, -0.25) is 10.3 Å². The zero-order valence-corrected chi connectivity index (χ0v) is 13.9. The summed E-state index contributed by atoms with van der Waals surface area (Å²) in [7, 11) is 0. The molecule has 5 nitrogen and oxygen atoms in total. The van der Waals surface area contributed by atoms with Crippen LogP contribution in [0.2, 0.25) is 0 Å². The SMILES string of the molecule is Oc1ccccc1[C@@H](Nc1cccc[nH+]1)c1ccc2cccnc2c1O. The quantitative estimate of drug-likeness (QED) is 0.528. The Hall–Kier alpha value is -3.60. The Kier molecular flexibility index (Phi) is 4.11. The molecular formula is C21H18N3O2+. The first-order valence-corrected chi connectivity index (χ1v) is 8.32. The molecule has 0 radical (unpaired) electrons. The predicted octanol–water partition coefficient (Wildman–Crippen LogP) is 3.66. The molecule has 0 bridgehead atoms. The number of phenols is 2. The maximum Gasteiger partial charge on any atom is 0.272 e. The van der Waals surface area contributed by atoms with Crippen LogP contribution in [0.1, 0.15) is 17.2 Å². The summed E-state index contributed by atoms with van der Waals surface area (Å²) in [6, 6.07) is 19.8. The van der Waals surface area contributed by atoms with Gasteiger partial charge in [-0.05, 0) is 24.3 Å². The first-order chi connectivity index (χ1) is 12.7. The fourth-order valence-electron chi connectivity index (χ4n) is 3.07. The van der Waals surface area contributed by atoms with Crippen LogP contribution in [0.4, 0.5) is 5.82 Å². The lowest BCUT2D eigenvalue weighted by Gasteiger charge is -2.18. The lowest BCUT2D eigenvalue weighted by atomic mass is 9.95. The summed E-state index contributed by atoms with van der Waals surface area (Å²) in [6.07, 6.45) is 3.46. The molecule has 2 aromatic carbocycles. The normalized spacial score (nSPS) is 12.0. The summed E-state index contributed by atoms with van der Waals surface area (Å²) < 4.78 is 0. The minimum Gasteiger partial charge on any atom is -0.507 e. The Bertz CT molecular complexity index is 1050. The zero-order chi connectivity index (χ0) is 17.9. The number of benzene rings is 2. The number of rotatable bonds is 4. The zero-order valence-electron chi connectivity index (χ0n) is 13.9. The van der Waals surface area contributed by atoms with E-state index in [0.717, 1.165) is 11.2 Å². The van der Waals surface area contributed by atoms with E-state index in [-0.39, 0.29) is 11.5 Å². The fourth-order valence-corrected chi connectivity index (χ4v) is 3.07. The van der Waals surface area contributed by atoms with Gasteiger partial charge in [-0.15, -0.1) is 0 Å². The van der Waals surface area contributed by atoms with E-state index in [1.807, 2.05) is 60.8 Å². The van der Waals surface area contributed by atoms with E-state index in [9.17, 15) is 10.2 Å². The van der Waals surface area contributed by atoms with Crippen LogP contribution in [0.15, 0.2) is 79.1 Å². The predicted molar refractivity (Wildman–Crippen MR) is 100.0 cm³/mol. The van der Waals surface area contributed by atoms with Crippen molar-refractivity contribution in [1.29, 1.82) is 0 Å². The van der Waals surface area contributed by atoms with Crippen molar-refractivity contribution in [2.24, 2.45) is 0 Å². The van der Waals surface area contributed by atoms with Gasteiger partial charge < -0.3 is 10.2 Å². The number of nitrogens with zero attached hydrogens (tertiary/aromatic N) is 1. The molecule has 5 heteroatoms. The molecule has 4 N–H and O–H groups in total. The van der Waals surface area contributed by atoms with Gasteiger partial charge in [0.1, 0.15) is 17.0 Å². The Morgan fingerprint density at radius 2 is 1.69 bits per heavy atom. The average Bonchev–Trinajstić information content (AvgIpc) is 2.68. The van der Waals surface area contributed by atoms with Crippen LogP contribution < -0.4 is 10.3 Å². The number of pyridine rings is 2. The van der Waals surface area contributed by atoms with E-state index < -0.39 is 6.04 Å². The standard InChI is InChI=1S/C21H17N3O2/c25-17-8-2-1-7-15(17)20(24-18-9-3-4-12-22-18)16-11-10-14-6-5-13-23-19(14)21(16)26/h1-13,20,25-26H,(H,22,24)/p+1/t20-/m1/s1. The maximum absolute atomic E-state index is 10.9. The number of hydrogen-bond acceptors (Lipinski definition) is 4. The van der Waals surface area contributed by atoms with Crippen molar-refractivity contribution in [2.75, 3.05) is 5.32 Å². The molecule has 0 amide bonds. The number of aromatic hydroxyl groups is 2. The van der Waals surface area contributed by atoms with Gasteiger partial charge in [-0.1, -0.05) is 36.4 Å². The van der Waals surface area contributed by atoms with Crippen LogP contribution in [0.5, 0.6) is 11.5 Å². The van der Waals surface area contributed by atoms with Crippen LogP contribution >= 0.6 is 0 Å². The minimum atomic E-state index is -0.457. The molecule has 2 aromatic heterocycles. The Morgan fingerprint density at radius 1 is 0.846 bits per heavy atom. The van der Waals surface area contributed by atoms with Crippen molar-refractivity contribution in [2.45, 2.75) is 6.04 Å². The Labute approximate surface area is 150 Å². The molecule has 4 rings (SSSR count). The third-order valence-corrected chi connectivity index (χ3v) is 4.35. The lowest BCUT2D eigenvalue weighted by molar-refractivity contribution is -0.361. The topological polar surface area (TPSA) is 79.5 Å². The smallest absolute Gasteiger partial charge is 0.272 e. The number of nitrogens with one attached hydrogen (secondary N) is 2. The maximum atomic E-state index is 10.9. The Morgan fingerprint density at radius 3 is 2.50 bits per heavy atom. The van der Waals surface area contributed by atoms with E-state index in [1.165, 1.54) is 0 Å². The summed E-state index contributed by atoms with van der Waals surface area (Å²) in [6.45, 7) is 0. The monoisotopic (exact) mass is 344 g/mol. The molecule has 128 valence electrons. The van der Waals surface area contributed by atoms with E-state index >= 15 is 0 Å². The molecule has 0 aliphatic carbocycles. The summed E-state index contributed by atoms with van der Waals surface area (Å²) >= 11 is 0. The second kappa shape index (κ2) is 6.72. The van der Waals surface area contributed by atoms with Crippen molar-refractivity contribution >= 4 is 16.7 Å². The van der Waals surface area contributed by atoms with Crippen LogP contribution in [0, 0.1) is 0 Å². The highest BCUT2D eigenvalue weighted by Gasteiger charge is 2.26. The summed E-state index contributed by atoms with van der Waals surface area (Å²) in [5.74, 6) is 1.02. The minimum absolute atomic E-state index is 0.0970. The molecule has 4 aromatic rings. The van der Waals surface area contributed by atoms with Gasteiger partial charge in [-0.25, -0.2) is 4.98 Å². The van der Waals surface area contributed by atoms with Crippen LogP contribution in [-0.4, -0.2) is 15.2 Å². The number of para-hydroxylation sites is 1. The van der Waals surface area contributed by atoms with E-state index in [1.54, 1.807) is 18.3 Å². The average molecular weight is 344 g/mol. The van der Waals surface area contributed by atoms with Crippen LogP contribution in [0.3, 0.4) is 0 Å². The second-order valence-corrected chi connectivity index (χ2v) is 5.99. The number of phenolic OH excluding ortho intramolecular Hbond substituents is 2. The van der Waals surface area contributed by atoms with Crippen molar-refractivity contribution in [3.8, 4) is 11.5 Å². The molecular weight excluding hydrogens is 326 g/mol. The summed E-state index contributed by atoms with van der Waals surface area (Å²) in [4.78, 5) is 7.42. The number of aromatic nitrogens is 2. The fraction of sp³-hybridized carbons (Fsp3) is 0.0476. The van der Waals surface area contributed by atoms with Crippen molar-refractivity contribution in [3.05, 3.63) is 90.3 Å². The van der Waals surface area contributed by atoms with Gasteiger partial charge in [-0.2, -0.15) is 0 Å². The number of H-pyrrole nitrogens is 1. The molecule has 26 heavy (non-hydrogen) atoms. The number of anilines is 1. The molecule has 0 aliphatic heterocycles. The number of hydrogen-bond donors (Lipinski definition) is 3. The lowest BCUT2D eigenvalue weighted by Crippen LogP contribution is -2.19. The molecule has 2 heterocycles. The number of fused-ring (bicyclic) bond motifs is 1. The van der Waals surface area contributed by atoms with E-state index in [0.29, 0.717) is 16.6 Å². The van der Waals surface area contributed by atoms with Gasteiger partial charge in [0.15, 0.2) is 6.04 Å². The van der Waals surface area contributed by atoms with Gasteiger partial charge in [0.25, 0.3) is 5.82 Å². The molecule has 0 aliphatic rings. The molecule has 0 unspecified atom stereocenters. The van der Waals surface area contributed by atoms with Crippen molar-refractivity contribution in [3.63, 3.8) is 0 Å². The van der Waals surface area contributed by atoms with E-state index in [4.69, 9.17) is 0 Å². The van der Waals surface area contributed by atoms with Crippen molar-refractivity contribution in [1.82, 2.24) is 4.98 Å². The van der Waals surface area contributed by atoms with Gasteiger partial charge in [0, 0.05) is 28.8 Å². The van der Waals surface area contributed by atoms with Crippen LogP contribution in [0.25, 0.3) is 10.9 Å². The molecule has 1 atom stereocenters.